The number of aromatic carboxylic acids is 1. The van der Waals surface area contributed by atoms with Crippen molar-refractivity contribution < 1.29 is 9.90 Å². The molecule has 0 aliphatic heterocycles. The van der Waals surface area contributed by atoms with E-state index in [2.05, 4.69) is 5.10 Å². The standard InChI is InChI=1S/C13H14N2O2S/c1-3-9-8-12(13(16)17)14-15(9)10-5-4-6-11(7-10)18-2/h4-8H,3H2,1-2H3,(H,16,17). The summed E-state index contributed by atoms with van der Waals surface area (Å²) in [5.74, 6) is -0.996. The molecule has 0 amide bonds. The highest BCUT2D eigenvalue weighted by atomic mass is 32.2. The van der Waals surface area contributed by atoms with Gasteiger partial charge < -0.3 is 5.11 Å². The lowest BCUT2D eigenvalue weighted by atomic mass is 10.2. The molecule has 0 atom stereocenters. The average molecular weight is 262 g/mol. The zero-order valence-corrected chi connectivity index (χ0v) is 11.1. The van der Waals surface area contributed by atoms with Crippen LogP contribution in [0.25, 0.3) is 5.69 Å². The van der Waals surface area contributed by atoms with Crippen molar-refractivity contribution in [3.05, 3.63) is 41.7 Å². The minimum absolute atomic E-state index is 0.0846. The van der Waals surface area contributed by atoms with Crippen molar-refractivity contribution in [2.24, 2.45) is 0 Å². The van der Waals surface area contributed by atoms with Gasteiger partial charge in [0.1, 0.15) is 0 Å². The lowest BCUT2D eigenvalue weighted by molar-refractivity contribution is 0.0690. The van der Waals surface area contributed by atoms with E-state index in [0.29, 0.717) is 0 Å². The van der Waals surface area contributed by atoms with E-state index in [-0.39, 0.29) is 5.69 Å². The first kappa shape index (κ1) is 12.7. The number of carboxylic acids is 1. The normalized spacial score (nSPS) is 10.6. The van der Waals surface area contributed by atoms with E-state index >= 15 is 0 Å². The molecule has 0 aliphatic carbocycles. The minimum atomic E-state index is -0.996. The molecule has 0 saturated heterocycles. The second-order valence-electron chi connectivity index (χ2n) is 3.79. The lowest BCUT2D eigenvalue weighted by Crippen LogP contribution is -2.03. The number of benzene rings is 1. The second-order valence-corrected chi connectivity index (χ2v) is 4.67. The summed E-state index contributed by atoms with van der Waals surface area (Å²) >= 11 is 1.65. The lowest BCUT2D eigenvalue weighted by Gasteiger charge is -2.06. The number of aryl methyl sites for hydroxylation is 1. The van der Waals surface area contributed by atoms with Crippen LogP contribution in [-0.4, -0.2) is 27.1 Å². The monoisotopic (exact) mass is 262 g/mol. The van der Waals surface area contributed by atoms with Crippen molar-refractivity contribution in [2.75, 3.05) is 6.26 Å². The Bertz CT molecular complexity index is 578. The number of rotatable bonds is 4. The fourth-order valence-electron chi connectivity index (χ4n) is 1.74. The predicted octanol–water partition coefficient (Wildman–Crippen LogP) is 2.85. The van der Waals surface area contributed by atoms with Crippen molar-refractivity contribution in [1.29, 1.82) is 0 Å². The maximum absolute atomic E-state index is 11.0. The van der Waals surface area contributed by atoms with Crippen LogP contribution < -0.4 is 0 Å². The van der Waals surface area contributed by atoms with Crippen molar-refractivity contribution in [3.8, 4) is 5.69 Å². The third-order valence-corrected chi connectivity index (χ3v) is 3.39. The van der Waals surface area contributed by atoms with Crippen molar-refractivity contribution >= 4 is 17.7 Å². The molecule has 18 heavy (non-hydrogen) atoms. The first-order chi connectivity index (χ1) is 8.65. The molecule has 5 heteroatoms. The Morgan fingerprint density at radius 2 is 2.22 bits per heavy atom. The van der Waals surface area contributed by atoms with E-state index < -0.39 is 5.97 Å². The number of aromatic nitrogens is 2. The van der Waals surface area contributed by atoms with Gasteiger partial charge in [0, 0.05) is 10.6 Å². The molecule has 0 radical (unpaired) electrons. The molecule has 2 aromatic rings. The van der Waals surface area contributed by atoms with Crippen LogP contribution in [0.1, 0.15) is 23.1 Å². The molecule has 0 saturated carbocycles. The van der Waals surface area contributed by atoms with Crippen molar-refractivity contribution in [2.45, 2.75) is 18.2 Å². The summed E-state index contributed by atoms with van der Waals surface area (Å²) in [6, 6.07) is 9.51. The van der Waals surface area contributed by atoms with Crippen molar-refractivity contribution in [1.82, 2.24) is 9.78 Å². The van der Waals surface area contributed by atoms with E-state index in [1.807, 2.05) is 37.4 Å². The summed E-state index contributed by atoms with van der Waals surface area (Å²) in [5, 5.41) is 13.1. The third kappa shape index (κ3) is 2.41. The summed E-state index contributed by atoms with van der Waals surface area (Å²) in [6.45, 7) is 1.98. The summed E-state index contributed by atoms with van der Waals surface area (Å²) in [6.07, 6.45) is 2.75. The number of nitrogens with zero attached hydrogens (tertiary/aromatic N) is 2. The third-order valence-electron chi connectivity index (χ3n) is 2.66. The van der Waals surface area contributed by atoms with E-state index in [4.69, 9.17) is 5.11 Å². The van der Waals surface area contributed by atoms with E-state index in [1.54, 1.807) is 22.5 Å². The number of thioether (sulfide) groups is 1. The number of hydrogen-bond acceptors (Lipinski definition) is 3. The maximum atomic E-state index is 11.0. The van der Waals surface area contributed by atoms with Gasteiger partial charge in [-0.05, 0) is 36.9 Å². The summed E-state index contributed by atoms with van der Waals surface area (Å²) in [4.78, 5) is 12.1. The number of carboxylic acid groups (broad SMARTS) is 1. The van der Waals surface area contributed by atoms with Gasteiger partial charge in [-0.15, -0.1) is 11.8 Å². The molecule has 4 nitrogen and oxygen atoms in total. The molecule has 0 aliphatic rings. The van der Waals surface area contributed by atoms with E-state index in [9.17, 15) is 4.79 Å². The minimum Gasteiger partial charge on any atom is -0.476 e. The molecule has 2 rings (SSSR count). The number of carbonyl (C=O) groups is 1. The van der Waals surface area contributed by atoms with Gasteiger partial charge in [-0.2, -0.15) is 5.10 Å². The van der Waals surface area contributed by atoms with Gasteiger partial charge in [0.2, 0.25) is 0 Å². The second kappa shape index (κ2) is 5.27. The topological polar surface area (TPSA) is 55.1 Å². The van der Waals surface area contributed by atoms with E-state index in [0.717, 1.165) is 22.7 Å². The smallest absolute Gasteiger partial charge is 0.356 e. The molecule has 0 spiro atoms. The highest BCUT2D eigenvalue weighted by Gasteiger charge is 2.13. The van der Waals surface area contributed by atoms with Gasteiger partial charge in [0.15, 0.2) is 5.69 Å². The number of hydrogen-bond donors (Lipinski definition) is 1. The predicted molar refractivity (Wildman–Crippen MR) is 71.7 cm³/mol. The highest BCUT2D eigenvalue weighted by Crippen LogP contribution is 2.20. The molecular weight excluding hydrogens is 248 g/mol. The Balaban J connectivity index is 2.51. The molecule has 94 valence electrons. The fourth-order valence-corrected chi connectivity index (χ4v) is 2.20. The van der Waals surface area contributed by atoms with Gasteiger partial charge in [0.05, 0.1) is 5.69 Å². The summed E-state index contributed by atoms with van der Waals surface area (Å²) in [5.41, 5.74) is 1.87. The largest absolute Gasteiger partial charge is 0.476 e. The quantitative estimate of drug-likeness (QED) is 0.861. The summed E-state index contributed by atoms with van der Waals surface area (Å²) in [7, 11) is 0. The van der Waals surface area contributed by atoms with Crippen LogP contribution in [0, 0.1) is 0 Å². The molecule has 1 aromatic heterocycles. The zero-order chi connectivity index (χ0) is 13.1. The van der Waals surface area contributed by atoms with Gasteiger partial charge in [0.25, 0.3) is 0 Å². The SMILES string of the molecule is CCc1cc(C(=O)O)nn1-c1cccc(SC)c1. The molecule has 1 N–H and O–H groups in total. The van der Waals surface area contributed by atoms with Gasteiger partial charge in [-0.1, -0.05) is 13.0 Å². The highest BCUT2D eigenvalue weighted by molar-refractivity contribution is 7.98. The Labute approximate surface area is 110 Å². The van der Waals surface area contributed by atoms with Crippen molar-refractivity contribution in [3.63, 3.8) is 0 Å². The molecule has 0 fully saturated rings. The first-order valence-corrected chi connectivity index (χ1v) is 6.85. The molecule has 1 aromatic carbocycles. The Morgan fingerprint density at radius 1 is 1.44 bits per heavy atom. The van der Waals surface area contributed by atoms with Crippen LogP contribution in [0.3, 0.4) is 0 Å². The van der Waals surface area contributed by atoms with Gasteiger partial charge in [-0.3, -0.25) is 0 Å². The molecule has 0 bridgehead atoms. The molecule has 1 heterocycles. The first-order valence-electron chi connectivity index (χ1n) is 5.62. The van der Waals surface area contributed by atoms with Crippen LogP contribution in [0.15, 0.2) is 35.2 Å². The van der Waals surface area contributed by atoms with Gasteiger partial charge >= 0.3 is 5.97 Å². The average Bonchev–Trinajstić information content (AvgIpc) is 2.83. The Morgan fingerprint density at radius 3 is 2.83 bits per heavy atom. The van der Waals surface area contributed by atoms with Crippen LogP contribution in [-0.2, 0) is 6.42 Å². The molecule has 0 unspecified atom stereocenters. The van der Waals surface area contributed by atoms with Gasteiger partial charge in [-0.25, -0.2) is 9.48 Å². The summed E-state index contributed by atoms with van der Waals surface area (Å²) < 4.78 is 1.70. The Hall–Kier alpha value is -1.75. The molecular formula is C13H14N2O2S. The Kier molecular flexibility index (Phi) is 3.72. The zero-order valence-electron chi connectivity index (χ0n) is 10.3. The van der Waals surface area contributed by atoms with E-state index in [1.165, 1.54) is 0 Å². The van der Waals surface area contributed by atoms with Crippen LogP contribution in [0.4, 0.5) is 0 Å². The fraction of sp³-hybridized carbons (Fsp3) is 0.231. The van der Waals surface area contributed by atoms with Crippen LogP contribution >= 0.6 is 11.8 Å². The maximum Gasteiger partial charge on any atom is 0.356 e. The van der Waals surface area contributed by atoms with Crippen LogP contribution in [0.5, 0.6) is 0 Å². The van der Waals surface area contributed by atoms with Crippen LogP contribution in [0.2, 0.25) is 0 Å².